The monoisotopic (exact) mass is 293 g/mol. The number of hydrogen-bond donors (Lipinski definition) is 0. The summed E-state index contributed by atoms with van der Waals surface area (Å²) in [5, 5.41) is 0.961. The van der Waals surface area contributed by atoms with Crippen LogP contribution in [-0.4, -0.2) is 10.8 Å². The van der Waals surface area contributed by atoms with Gasteiger partial charge in [0.05, 0.1) is 10.0 Å². The summed E-state index contributed by atoms with van der Waals surface area (Å²) in [6.07, 6.45) is 5.00. The van der Waals surface area contributed by atoms with Crippen molar-refractivity contribution in [2.24, 2.45) is 0 Å². The number of carbonyl (C=O) groups is 1. The van der Waals surface area contributed by atoms with Gasteiger partial charge in [0.1, 0.15) is 5.78 Å². The molecule has 0 aliphatic heterocycles. The van der Waals surface area contributed by atoms with E-state index in [0.717, 1.165) is 17.5 Å². The first kappa shape index (κ1) is 14.0. The van der Waals surface area contributed by atoms with E-state index in [2.05, 4.69) is 4.98 Å². The largest absolute Gasteiger partial charge is 0.299 e. The number of rotatable bonds is 5. The Kier molecular flexibility index (Phi) is 4.94. The third-order valence-corrected chi connectivity index (χ3v) is 3.72. The van der Waals surface area contributed by atoms with E-state index in [0.29, 0.717) is 22.9 Å². The standard InChI is InChI=1S/C15H13Cl2NO/c16-14-3-1-2-12(15(14)17)10-13(19)5-4-11-6-8-18-9-7-11/h1-3,6-9H,4-5,10H2. The van der Waals surface area contributed by atoms with E-state index in [1.54, 1.807) is 24.5 Å². The Balaban J connectivity index is 1.93. The molecule has 19 heavy (non-hydrogen) atoms. The Morgan fingerprint density at radius 2 is 1.84 bits per heavy atom. The maximum atomic E-state index is 11.9. The van der Waals surface area contributed by atoms with Crippen molar-refractivity contribution in [1.29, 1.82) is 0 Å². The van der Waals surface area contributed by atoms with Crippen LogP contribution in [0.25, 0.3) is 0 Å². The van der Waals surface area contributed by atoms with Crippen molar-refractivity contribution in [3.05, 3.63) is 63.9 Å². The highest BCUT2D eigenvalue weighted by Gasteiger charge is 2.09. The summed E-state index contributed by atoms with van der Waals surface area (Å²) in [6.45, 7) is 0. The van der Waals surface area contributed by atoms with Crippen LogP contribution in [0.15, 0.2) is 42.7 Å². The normalized spacial score (nSPS) is 10.4. The van der Waals surface area contributed by atoms with Gasteiger partial charge < -0.3 is 0 Å². The van der Waals surface area contributed by atoms with Gasteiger partial charge in [0.25, 0.3) is 0 Å². The topological polar surface area (TPSA) is 30.0 Å². The van der Waals surface area contributed by atoms with Gasteiger partial charge >= 0.3 is 0 Å². The molecule has 1 aromatic heterocycles. The molecule has 2 rings (SSSR count). The fourth-order valence-corrected chi connectivity index (χ4v) is 2.21. The highest BCUT2D eigenvalue weighted by Crippen LogP contribution is 2.26. The number of aryl methyl sites for hydroxylation is 1. The minimum Gasteiger partial charge on any atom is -0.299 e. The molecule has 0 saturated heterocycles. The van der Waals surface area contributed by atoms with E-state index in [1.165, 1.54) is 0 Å². The molecule has 1 aromatic carbocycles. The van der Waals surface area contributed by atoms with Gasteiger partial charge in [0.2, 0.25) is 0 Å². The van der Waals surface area contributed by atoms with Gasteiger partial charge in [-0.15, -0.1) is 0 Å². The molecule has 4 heteroatoms. The van der Waals surface area contributed by atoms with E-state index in [1.807, 2.05) is 18.2 Å². The van der Waals surface area contributed by atoms with Crippen LogP contribution in [0.1, 0.15) is 17.5 Å². The second kappa shape index (κ2) is 6.69. The number of hydrogen-bond acceptors (Lipinski definition) is 2. The van der Waals surface area contributed by atoms with Gasteiger partial charge in [-0.25, -0.2) is 0 Å². The van der Waals surface area contributed by atoms with Crippen LogP contribution in [-0.2, 0) is 17.6 Å². The number of halogens is 2. The summed E-state index contributed by atoms with van der Waals surface area (Å²) in [5.41, 5.74) is 1.90. The van der Waals surface area contributed by atoms with Crippen molar-refractivity contribution in [1.82, 2.24) is 4.98 Å². The molecule has 0 radical (unpaired) electrons. The van der Waals surface area contributed by atoms with E-state index in [-0.39, 0.29) is 5.78 Å². The van der Waals surface area contributed by atoms with E-state index >= 15 is 0 Å². The fourth-order valence-electron chi connectivity index (χ4n) is 1.82. The lowest BCUT2D eigenvalue weighted by Crippen LogP contribution is -2.05. The third-order valence-electron chi connectivity index (χ3n) is 2.86. The average molecular weight is 294 g/mol. The van der Waals surface area contributed by atoms with Crippen molar-refractivity contribution in [2.45, 2.75) is 19.3 Å². The smallest absolute Gasteiger partial charge is 0.137 e. The molecule has 0 atom stereocenters. The Morgan fingerprint density at radius 3 is 2.58 bits per heavy atom. The van der Waals surface area contributed by atoms with Crippen LogP contribution in [0.4, 0.5) is 0 Å². The molecule has 0 spiro atoms. The molecule has 0 fully saturated rings. The van der Waals surface area contributed by atoms with Crippen LogP contribution in [0.3, 0.4) is 0 Å². The second-order valence-electron chi connectivity index (χ2n) is 4.28. The summed E-state index contributed by atoms with van der Waals surface area (Å²) in [4.78, 5) is 15.9. The number of aromatic nitrogens is 1. The number of pyridine rings is 1. The van der Waals surface area contributed by atoms with E-state index < -0.39 is 0 Å². The fraction of sp³-hybridized carbons (Fsp3) is 0.200. The molecule has 0 aliphatic carbocycles. The molecular formula is C15H13Cl2NO. The number of carbonyl (C=O) groups excluding carboxylic acids is 1. The van der Waals surface area contributed by atoms with Crippen molar-refractivity contribution < 1.29 is 4.79 Å². The summed E-state index contributed by atoms with van der Waals surface area (Å²) < 4.78 is 0. The lowest BCUT2D eigenvalue weighted by molar-refractivity contribution is -0.118. The first-order chi connectivity index (χ1) is 9.16. The molecule has 98 valence electrons. The lowest BCUT2D eigenvalue weighted by Gasteiger charge is -2.05. The summed E-state index contributed by atoms with van der Waals surface area (Å²) in [7, 11) is 0. The zero-order chi connectivity index (χ0) is 13.7. The summed E-state index contributed by atoms with van der Waals surface area (Å²) >= 11 is 12.0. The number of Topliss-reactive ketones (excluding diaryl/α,β-unsaturated/α-hetero) is 1. The van der Waals surface area contributed by atoms with Crippen LogP contribution in [0, 0.1) is 0 Å². The second-order valence-corrected chi connectivity index (χ2v) is 5.07. The van der Waals surface area contributed by atoms with E-state index in [4.69, 9.17) is 23.2 Å². The van der Waals surface area contributed by atoms with Crippen LogP contribution in [0.5, 0.6) is 0 Å². The zero-order valence-electron chi connectivity index (χ0n) is 10.3. The zero-order valence-corrected chi connectivity index (χ0v) is 11.8. The van der Waals surface area contributed by atoms with Gasteiger partial charge in [0.15, 0.2) is 0 Å². The minimum absolute atomic E-state index is 0.154. The van der Waals surface area contributed by atoms with Crippen molar-refractivity contribution in [3.8, 4) is 0 Å². The SMILES string of the molecule is O=C(CCc1ccncc1)Cc1cccc(Cl)c1Cl. The maximum absolute atomic E-state index is 11.9. The molecule has 2 nitrogen and oxygen atoms in total. The Bertz CT molecular complexity index is 570. The molecule has 0 unspecified atom stereocenters. The first-order valence-electron chi connectivity index (χ1n) is 6.00. The molecule has 2 aromatic rings. The predicted octanol–water partition coefficient (Wildman–Crippen LogP) is 4.13. The molecule has 0 aliphatic rings. The third kappa shape index (κ3) is 4.05. The van der Waals surface area contributed by atoms with Crippen LogP contribution >= 0.6 is 23.2 Å². The van der Waals surface area contributed by atoms with Crippen LogP contribution in [0.2, 0.25) is 10.0 Å². The van der Waals surface area contributed by atoms with Gasteiger partial charge in [-0.3, -0.25) is 9.78 Å². The number of ketones is 1. The van der Waals surface area contributed by atoms with Crippen LogP contribution < -0.4 is 0 Å². The molecule has 0 bridgehead atoms. The highest BCUT2D eigenvalue weighted by molar-refractivity contribution is 6.42. The predicted molar refractivity (Wildman–Crippen MR) is 77.7 cm³/mol. The Morgan fingerprint density at radius 1 is 1.11 bits per heavy atom. The summed E-state index contributed by atoms with van der Waals surface area (Å²) in [6, 6.07) is 9.19. The van der Waals surface area contributed by atoms with Crippen molar-refractivity contribution in [3.63, 3.8) is 0 Å². The lowest BCUT2D eigenvalue weighted by atomic mass is 10.0. The van der Waals surface area contributed by atoms with Gasteiger partial charge in [-0.2, -0.15) is 0 Å². The number of benzene rings is 1. The highest BCUT2D eigenvalue weighted by atomic mass is 35.5. The van der Waals surface area contributed by atoms with Gasteiger partial charge in [-0.05, 0) is 35.7 Å². The molecule has 0 amide bonds. The van der Waals surface area contributed by atoms with Gasteiger partial charge in [-0.1, -0.05) is 35.3 Å². The Labute approximate surface area is 122 Å². The first-order valence-corrected chi connectivity index (χ1v) is 6.76. The quantitative estimate of drug-likeness (QED) is 0.829. The molecule has 0 N–H and O–H groups in total. The minimum atomic E-state index is 0.154. The molecule has 0 saturated carbocycles. The van der Waals surface area contributed by atoms with E-state index in [9.17, 15) is 4.79 Å². The average Bonchev–Trinajstić information content (AvgIpc) is 2.43. The number of nitrogens with zero attached hydrogens (tertiary/aromatic N) is 1. The maximum Gasteiger partial charge on any atom is 0.137 e. The summed E-state index contributed by atoms with van der Waals surface area (Å²) in [5.74, 6) is 0.154. The van der Waals surface area contributed by atoms with Crippen molar-refractivity contribution in [2.75, 3.05) is 0 Å². The van der Waals surface area contributed by atoms with Crippen molar-refractivity contribution >= 4 is 29.0 Å². The molecule has 1 heterocycles. The Hall–Kier alpha value is -1.38. The molecular weight excluding hydrogens is 281 g/mol. The van der Waals surface area contributed by atoms with Gasteiger partial charge in [0, 0.05) is 25.2 Å².